The lowest BCUT2D eigenvalue weighted by atomic mass is 10.1. The molecule has 5 heteroatoms. The van der Waals surface area contributed by atoms with Crippen LogP contribution in [0.2, 0.25) is 0 Å². The molecule has 2 aromatic heterocycles. The lowest BCUT2D eigenvalue weighted by molar-refractivity contribution is 0.684. The van der Waals surface area contributed by atoms with Crippen LogP contribution in [0.4, 0.5) is 0 Å². The van der Waals surface area contributed by atoms with Gasteiger partial charge in [-0.1, -0.05) is 0 Å². The summed E-state index contributed by atoms with van der Waals surface area (Å²) in [6.45, 7) is 0.772. The summed E-state index contributed by atoms with van der Waals surface area (Å²) in [4.78, 5) is 0. The van der Waals surface area contributed by atoms with Crippen LogP contribution in [0.25, 0.3) is 10.9 Å². The Kier molecular flexibility index (Phi) is 2.81. The fourth-order valence-electron chi connectivity index (χ4n) is 3.25. The van der Waals surface area contributed by atoms with Crippen molar-refractivity contribution in [1.29, 1.82) is 5.26 Å². The number of aromatic nitrogens is 2. The molecule has 0 aliphatic heterocycles. The molecule has 0 saturated heterocycles. The van der Waals surface area contributed by atoms with Crippen LogP contribution in [0.1, 0.15) is 22.5 Å². The zero-order valence-electron chi connectivity index (χ0n) is 11.4. The smallest absolute Gasteiger partial charge is 0.0991 e. The molecule has 3 aromatic rings. The maximum absolute atomic E-state index is 9.12. The lowest BCUT2D eigenvalue weighted by Gasteiger charge is -2.09. The molecule has 4 nitrogen and oxygen atoms in total. The highest BCUT2D eigenvalue weighted by Crippen LogP contribution is 2.33. The summed E-state index contributed by atoms with van der Waals surface area (Å²) in [5, 5.41) is 12.3. The van der Waals surface area contributed by atoms with Crippen molar-refractivity contribution in [2.75, 3.05) is 0 Å². The van der Waals surface area contributed by atoms with Crippen molar-refractivity contribution in [3.8, 4) is 6.07 Å². The van der Waals surface area contributed by atoms with Crippen LogP contribution in [-0.2, 0) is 19.4 Å². The average Bonchev–Trinajstić information content (AvgIpc) is 3.18. The SMILES string of the molecule is N#Cc1ccc2c(c1)c1c(n2Cc2ccsn2)C[C@H](N)C1. The molecule has 2 heterocycles. The van der Waals surface area contributed by atoms with Gasteiger partial charge in [-0.15, -0.1) is 0 Å². The third-order valence-electron chi connectivity index (χ3n) is 4.15. The molecule has 0 bridgehead atoms. The van der Waals surface area contributed by atoms with Gasteiger partial charge >= 0.3 is 0 Å². The van der Waals surface area contributed by atoms with Gasteiger partial charge in [0.15, 0.2) is 0 Å². The largest absolute Gasteiger partial charge is 0.338 e. The van der Waals surface area contributed by atoms with Gasteiger partial charge in [-0.25, -0.2) is 0 Å². The van der Waals surface area contributed by atoms with E-state index in [1.165, 1.54) is 33.7 Å². The van der Waals surface area contributed by atoms with Crippen LogP contribution in [0.15, 0.2) is 29.6 Å². The van der Waals surface area contributed by atoms with Crippen LogP contribution in [0.3, 0.4) is 0 Å². The van der Waals surface area contributed by atoms with Gasteiger partial charge in [0.1, 0.15) is 0 Å². The molecular weight excluding hydrogens is 280 g/mol. The Balaban J connectivity index is 1.93. The van der Waals surface area contributed by atoms with E-state index in [0.29, 0.717) is 5.56 Å². The predicted octanol–water partition coefficient (Wildman–Crippen LogP) is 2.44. The van der Waals surface area contributed by atoms with E-state index in [2.05, 4.69) is 21.1 Å². The molecule has 1 aliphatic rings. The average molecular weight is 294 g/mol. The standard InChI is InChI=1S/C16H14N4S/c17-8-10-1-2-15-13(5-10)14-6-11(18)7-16(14)20(15)9-12-3-4-21-19-12/h1-5,11H,6-7,9,18H2/t11-/m1/s1. The molecule has 1 aliphatic carbocycles. The zero-order valence-corrected chi connectivity index (χ0v) is 12.2. The van der Waals surface area contributed by atoms with Crippen LogP contribution in [-0.4, -0.2) is 15.0 Å². The van der Waals surface area contributed by atoms with Crippen molar-refractivity contribution in [2.45, 2.75) is 25.4 Å². The maximum atomic E-state index is 9.12. The molecule has 0 unspecified atom stereocenters. The Morgan fingerprint density at radius 2 is 2.29 bits per heavy atom. The zero-order chi connectivity index (χ0) is 14.4. The molecule has 21 heavy (non-hydrogen) atoms. The monoisotopic (exact) mass is 294 g/mol. The summed E-state index contributed by atoms with van der Waals surface area (Å²) in [6.07, 6.45) is 1.79. The van der Waals surface area contributed by atoms with Gasteiger partial charge < -0.3 is 10.3 Å². The number of nitrogens with two attached hydrogens (primary N) is 1. The Bertz CT molecular complexity index is 855. The van der Waals surface area contributed by atoms with Gasteiger partial charge in [-0.3, -0.25) is 0 Å². The second-order valence-electron chi connectivity index (χ2n) is 5.51. The van der Waals surface area contributed by atoms with E-state index < -0.39 is 0 Å². The molecule has 0 radical (unpaired) electrons. The predicted molar refractivity (Wildman–Crippen MR) is 83.3 cm³/mol. The molecule has 0 saturated carbocycles. The van der Waals surface area contributed by atoms with Crippen LogP contribution in [0.5, 0.6) is 0 Å². The third-order valence-corrected chi connectivity index (χ3v) is 4.75. The minimum atomic E-state index is 0.187. The number of nitrogens with zero attached hydrogens (tertiary/aromatic N) is 3. The van der Waals surface area contributed by atoms with Crippen molar-refractivity contribution < 1.29 is 0 Å². The van der Waals surface area contributed by atoms with Gasteiger partial charge in [-0.2, -0.15) is 9.64 Å². The van der Waals surface area contributed by atoms with Crippen molar-refractivity contribution in [2.24, 2.45) is 5.73 Å². The fourth-order valence-corrected chi connectivity index (χ4v) is 3.78. The van der Waals surface area contributed by atoms with E-state index in [1.54, 1.807) is 0 Å². The first kappa shape index (κ1) is 12.6. The van der Waals surface area contributed by atoms with Crippen LogP contribution < -0.4 is 5.73 Å². The Morgan fingerprint density at radius 3 is 3.05 bits per heavy atom. The van der Waals surface area contributed by atoms with E-state index in [-0.39, 0.29) is 6.04 Å². The van der Waals surface area contributed by atoms with Gasteiger partial charge in [0, 0.05) is 34.4 Å². The quantitative estimate of drug-likeness (QED) is 0.789. The molecular formula is C16H14N4S. The minimum Gasteiger partial charge on any atom is -0.338 e. The lowest BCUT2D eigenvalue weighted by Crippen LogP contribution is -2.20. The summed E-state index contributed by atoms with van der Waals surface area (Å²) in [6, 6.07) is 10.4. The summed E-state index contributed by atoms with van der Waals surface area (Å²) in [5.41, 5.74) is 11.7. The molecule has 4 rings (SSSR count). The second kappa shape index (κ2) is 4.69. The first-order valence-corrected chi connectivity index (χ1v) is 7.79. The number of fused-ring (bicyclic) bond motifs is 3. The van der Waals surface area contributed by atoms with E-state index in [0.717, 1.165) is 25.1 Å². The Morgan fingerprint density at radius 1 is 1.38 bits per heavy atom. The highest BCUT2D eigenvalue weighted by molar-refractivity contribution is 7.03. The number of hydrogen-bond donors (Lipinski definition) is 1. The summed E-state index contributed by atoms with van der Waals surface area (Å²) < 4.78 is 6.73. The molecule has 2 N–H and O–H groups in total. The highest BCUT2D eigenvalue weighted by atomic mass is 32.1. The topological polar surface area (TPSA) is 67.6 Å². The number of nitriles is 1. The summed E-state index contributed by atoms with van der Waals surface area (Å²) >= 11 is 1.48. The van der Waals surface area contributed by atoms with Crippen molar-refractivity contribution >= 4 is 22.4 Å². The van der Waals surface area contributed by atoms with Crippen molar-refractivity contribution in [3.63, 3.8) is 0 Å². The number of hydrogen-bond acceptors (Lipinski definition) is 4. The molecule has 0 amide bonds. The highest BCUT2D eigenvalue weighted by Gasteiger charge is 2.26. The van der Waals surface area contributed by atoms with Crippen LogP contribution >= 0.6 is 11.5 Å². The number of rotatable bonds is 2. The number of benzene rings is 1. The van der Waals surface area contributed by atoms with E-state index in [4.69, 9.17) is 11.0 Å². The maximum Gasteiger partial charge on any atom is 0.0991 e. The van der Waals surface area contributed by atoms with E-state index in [9.17, 15) is 0 Å². The van der Waals surface area contributed by atoms with Gasteiger partial charge in [-0.05, 0) is 47.8 Å². The minimum absolute atomic E-state index is 0.187. The van der Waals surface area contributed by atoms with Crippen LogP contribution in [0, 0.1) is 11.3 Å². The van der Waals surface area contributed by atoms with Gasteiger partial charge in [0.2, 0.25) is 0 Å². The molecule has 0 spiro atoms. The van der Waals surface area contributed by atoms with E-state index >= 15 is 0 Å². The molecule has 104 valence electrons. The Labute approximate surface area is 126 Å². The van der Waals surface area contributed by atoms with Crippen molar-refractivity contribution in [1.82, 2.24) is 8.94 Å². The Hall–Kier alpha value is -2.16. The molecule has 1 atom stereocenters. The summed E-state index contributed by atoms with van der Waals surface area (Å²) in [7, 11) is 0. The van der Waals surface area contributed by atoms with E-state index in [1.807, 2.05) is 23.6 Å². The third kappa shape index (κ3) is 1.96. The molecule has 0 fully saturated rings. The fraction of sp³-hybridized carbons (Fsp3) is 0.250. The molecule has 1 aromatic carbocycles. The van der Waals surface area contributed by atoms with Gasteiger partial charge in [0.05, 0.1) is 23.9 Å². The summed E-state index contributed by atoms with van der Waals surface area (Å²) in [5.74, 6) is 0. The first-order chi connectivity index (χ1) is 10.3. The second-order valence-corrected chi connectivity index (χ2v) is 6.18. The van der Waals surface area contributed by atoms with Crippen molar-refractivity contribution in [3.05, 3.63) is 52.2 Å². The normalized spacial score (nSPS) is 17.0. The van der Waals surface area contributed by atoms with Gasteiger partial charge in [0.25, 0.3) is 0 Å². The first-order valence-electron chi connectivity index (χ1n) is 6.95.